The maximum Gasteiger partial charge on any atom is 0.294 e. The Hall–Kier alpha value is -1.07. The largest absolute Gasteiger partial charge is 0.491 e. The molecule has 0 heterocycles. The second-order valence-corrected chi connectivity index (χ2v) is 8.70. The lowest BCUT2D eigenvalue weighted by Crippen LogP contribution is -2.11. The van der Waals surface area contributed by atoms with Crippen LogP contribution in [0.4, 0.5) is 0 Å². The summed E-state index contributed by atoms with van der Waals surface area (Å²) in [6, 6.07) is 4.84. The van der Waals surface area contributed by atoms with Gasteiger partial charge in [0.2, 0.25) is 0 Å². The number of rotatable bonds is 14. The van der Waals surface area contributed by atoms with Gasteiger partial charge in [-0.3, -0.25) is 4.55 Å². The maximum atomic E-state index is 11.7. The lowest BCUT2D eigenvalue weighted by atomic mass is 10.0. The Morgan fingerprint density at radius 2 is 1.46 bits per heavy atom. The molecule has 0 saturated heterocycles. The van der Waals surface area contributed by atoms with E-state index in [2.05, 4.69) is 6.92 Å². The fraction of sp³-hybridized carbons (Fsp3) is 0.714. The van der Waals surface area contributed by atoms with Gasteiger partial charge in [0.25, 0.3) is 10.1 Å². The third-order valence-electron chi connectivity index (χ3n) is 4.51. The van der Waals surface area contributed by atoms with Gasteiger partial charge in [-0.05, 0) is 38.8 Å². The molecule has 1 N–H and O–H groups in total. The molecule has 0 atom stereocenters. The topological polar surface area (TPSA) is 63.6 Å². The second-order valence-electron chi connectivity index (χ2n) is 7.31. The van der Waals surface area contributed by atoms with E-state index in [0.29, 0.717) is 17.7 Å². The maximum absolute atomic E-state index is 11.7. The molecule has 0 amide bonds. The van der Waals surface area contributed by atoms with Crippen LogP contribution in [-0.4, -0.2) is 19.1 Å². The van der Waals surface area contributed by atoms with Crippen molar-refractivity contribution in [2.24, 2.45) is 0 Å². The van der Waals surface area contributed by atoms with Crippen molar-refractivity contribution in [1.29, 1.82) is 0 Å². The smallest absolute Gasteiger partial charge is 0.294 e. The van der Waals surface area contributed by atoms with E-state index in [4.69, 9.17) is 4.74 Å². The highest BCUT2D eigenvalue weighted by molar-refractivity contribution is 7.85. The lowest BCUT2D eigenvalue weighted by Gasteiger charge is -2.16. The van der Waals surface area contributed by atoms with Gasteiger partial charge in [-0.15, -0.1) is 0 Å². The van der Waals surface area contributed by atoms with Crippen molar-refractivity contribution < 1.29 is 17.7 Å². The van der Waals surface area contributed by atoms with E-state index >= 15 is 0 Å². The summed E-state index contributed by atoms with van der Waals surface area (Å²) >= 11 is 0. The Bertz CT molecular complexity index is 608. The Balaban J connectivity index is 2.48. The van der Waals surface area contributed by atoms with Gasteiger partial charge in [-0.2, -0.15) is 8.42 Å². The van der Waals surface area contributed by atoms with Crippen molar-refractivity contribution in [3.05, 3.63) is 23.8 Å². The summed E-state index contributed by atoms with van der Waals surface area (Å²) in [4.78, 5) is -0.0217. The van der Waals surface area contributed by atoms with E-state index in [0.717, 1.165) is 12.8 Å². The number of unbranched alkanes of at least 4 members (excludes halogenated alkanes) is 9. The van der Waals surface area contributed by atoms with E-state index in [1.54, 1.807) is 12.1 Å². The number of ether oxygens (including phenoxy) is 1. The molecule has 0 aromatic heterocycles. The van der Waals surface area contributed by atoms with Gasteiger partial charge < -0.3 is 4.74 Å². The second kappa shape index (κ2) is 12.3. The first kappa shape index (κ1) is 23.0. The number of benzene rings is 1. The first-order chi connectivity index (χ1) is 12.4. The van der Waals surface area contributed by atoms with Gasteiger partial charge in [-0.1, -0.05) is 70.8 Å². The molecule has 0 aliphatic heterocycles. The molecule has 26 heavy (non-hydrogen) atoms. The van der Waals surface area contributed by atoms with Crippen LogP contribution in [0.25, 0.3) is 0 Å². The minimum atomic E-state index is -4.23. The summed E-state index contributed by atoms with van der Waals surface area (Å²) in [7, 11) is -4.23. The van der Waals surface area contributed by atoms with Crippen LogP contribution >= 0.6 is 0 Å². The number of hydrogen-bond acceptors (Lipinski definition) is 3. The summed E-state index contributed by atoms with van der Waals surface area (Å²) in [6.07, 6.45) is 12.8. The van der Waals surface area contributed by atoms with Crippen LogP contribution in [0, 0.1) is 0 Å². The Morgan fingerprint density at radius 1 is 0.923 bits per heavy atom. The third kappa shape index (κ3) is 9.04. The van der Waals surface area contributed by atoms with Crippen molar-refractivity contribution in [3.8, 4) is 5.75 Å². The molecule has 0 unspecified atom stereocenters. The standard InChI is InChI=1S/C21H36O4S/c1-4-5-6-7-8-9-10-11-12-13-15-19-20(25-18(2)3)16-14-17-21(19)26(22,23)24/h14,16-18H,4-13,15H2,1-3H3,(H,22,23,24). The fourth-order valence-corrected chi connectivity index (χ4v) is 3.95. The van der Waals surface area contributed by atoms with Crippen LogP contribution in [0.1, 0.15) is 90.5 Å². The van der Waals surface area contributed by atoms with Crippen LogP contribution in [0.15, 0.2) is 23.1 Å². The third-order valence-corrected chi connectivity index (χ3v) is 5.45. The molecule has 0 spiro atoms. The SMILES string of the molecule is CCCCCCCCCCCCc1c(OC(C)C)cccc1S(=O)(=O)O. The molecule has 4 nitrogen and oxygen atoms in total. The van der Waals surface area contributed by atoms with Crippen molar-refractivity contribution in [3.63, 3.8) is 0 Å². The molecule has 0 aliphatic rings. The fourth-order valence-electron chi connectivity index (χ4n) is 3.19. The molecule has 150 valence electrons. The number of hydrogen-bond donors (Lipinski definition) is 1. The van der Waals surface area contributed by atoms with Crippen molar-refractivity contribution >= 4 is 10.1 Å². The molecule has 0 radical (unpaired) electrons. The van der Waals surface area contributed by atoms with E-state index < -0.39 is 10.1 Å². The average molecular weight is 385 g/mol. The summed E-state index contributed by atoms with van der Waals surface area (Å²) in [5.41, 5.74) is 0.600. The van der Waals surface area contributed by atoms with Gasteiger partial charge >= 0.3 is 0 Å². The van der Waals surface area contributed by atoms with Crippen LogP contribution in [0.2, 0.25) is 0 Å². The average Bonchev–Trinajstić information content (AvgIpc) is 2.56. The molecule has 5 heteroatoms. The normalized spacial score (nSPS) is 11.9. The highest BCUT2D eigenvalue weighted by Gasteiger charge is 2.19. The van der Waals surface area contributed by atoms with Gasteiger partial charge in [0, 0.05) is 5.56 Å². The molecular formula is C21H36O4S. The first-order valence-corrected chi connectivity index (χ1v) is 11.6. The van der Waals surface area contributed by atoms with Crippen molar-refractivity contribution in [2.45, 2.75) is 102 Å². The monoisotopic (exact) mass is 384 g/mol. The zero-order valence-corrected chi connectivity index (χ0v) is 17.5. The highest BCUT2D eigenvalue weighted by Crippen LogP contribution is 2.29. The Labute approximate surface area is 160 Å². The van der Waals surface area contributed by atoms with Crippen LogP contribution in [0.3, 0.4) is 0 Å². The summed E-state index contributed by atoms with van der Waals surface area (Å²) < 4.78 is 38.6. The minimum Gasteiger partial charge on any atom is -0.491 e. The molecule has 1 aromatic carbocycles. The first-order valence-electron chi connectivity index (χ1n) is 10.1. The zero-order chi connectivity index (χ0) is 19.4. The van der Waals surface area contributed by atoms with E-state index in [1.165, 1.54) is 57.4 Å². The van der Waals surface area contributed by atoms with Crippen LogP contribution in [-0.2, 0) is 16.5 Å². The van der Waals surface area contributed by atoms with Crippen LogP contribution < -0.4 is 4.74 Å². The van der Waals surface area contributed by atoms with Crippen molar-refractivity contribution in [1.82, 2.24) is 0 Å². The summed E-state index contributed by atoms with van der Waals surface area (Å²) in [6.45, 7) is 6.05. The predicted octanol–water partition coefficient (Wildman–Crippen LogP) is 6.18. The van der Waals surface area contributed by atoms with E-state index in [9.17, 15) is 13.0 Å². The quantitative estimate of drug-likeness (QED) is 0.307. The molecule has 0 fully saturated rings. The minimum absolute atomic E-state index is 0.0217. The summed E-state index contributed by atoms with van der Waals surface area (Å²) in [5.74, 6) is 0.561. The molecule has 0 aliphatic carbocycles. The van der Waals surface area contributed by atoms with Gasteiger partial charge in [-0.25, -0.2) is 0 Å². The zero-order valence-electron chi connectivity index (χ0n) is 16.7. The summed E-state index contributed by atoms with van der Waals surface area (Å²) in [5, 5.41) is 0. The van der Waals surface area contributed by atoms with E-state index in [-0.39, 0.29) is 11.0 Å². The molecule has 0 bridgehead atoms. The molecule has 0 saturated carbocycles. The molecular weight excluding hydrogens is 348 g/mol. The highest BCUT2D eigenvalue weighted by atomic mass is 32.2. The Kier molecular flexibility index (Phi) is 10.9. The lowest BCUT2D eigenvalue weighted by molar-refractivity contribution is 0.239. The predicted molar refractivity (Wildman–Crippen MR) is 108 cm³/mol. The van der Waals surface area contributed by atoms with E-state index in [1.807, 2.05) is 13.8 Å². The Morgan fingerprint density at radius 3 is 1.96 bits per heavy atom. The molecule has 1 rings (SSSR count). The van der Waals surface area contributed by atoms with Gasteiger partial charge in [0.1, 0.15) is 10.6 Å². The van der Waals surface area contributed by atoms with Crippen molar-refractivity contribution in [2.75, 3.05) is 0 Å². The van der Waals surface area contributed by atoms with Crippen LogP contribution in [0.5, 0.6) is 5.75 Å². The van der Waals surface area contributed by atoms with Gasteiger partial charge in [0.15, 0.2) is 0 Å². The molecule has 1 aromatic rings. The van der Waals surface area contributed by atoms with Gasteiger partial charge in [0.05, 0.1) is 6.10 Å².